The lowest BCUT2D eigenvalue weighted by Gasteiger charge is -2.14. The van der Waals surface area contributed by atoms with E-state index < -0.39 is 18.0 Å². The summed E-state index contributed by atoms with van der Waals surface area (Å²) < 4.78 is 7.36. The van der Waals surface area contributed by atoms with Gasteiger partial charge in [-0.3, -0.25) is 9.59 Å². The number of esters is 1. The number of Topliss-reactive ketones (excluding diaryl/α,β-unsaturated/α-hetero) is 1. The van der Waals surface area contributed by atoms with Gasteiger partial charge in [0.1, 0.15) is 11.6 Å². The predicted molar refractivity (Wildman–Crippen MR) is 123 cm³/mol. The first-order chi connectivity index (χ1) is 15.0. The Morgan fingerprint density at radius 1 is 1.19 bits per heavy atom. The number of nitrogens with one attached hydrogen (secondary N) is 1. The lowest BCUT2D eigenvalue weighted by Crippen LogP contribution is -2.30. The van der Waals surface area contributed by atoms with Gasteiger partial charge in [0, 0.05) is 23.5 Å². The number of amides is 1. The highest BCUT2D eigenvalue weighted by Crippen LogP contribution is 2.21. The predicted octanol–water partition coefficient (Wildman–Crippen LogP) is 4.44. The highest BCUT2D eigenvalue weighted by atomic mass is 16.5. The van der Waals surface area contributed by atoms with Gasteiger partial charge in [-0.15, -0.1) is 0 Å². The van der Waals surface area contributed by atoms with Crippen molar-refractivity contribution in [2.75, 3.05) is 5.32 Å². The quantitative estimate of drug-likeness (QED) is 0.286. The molecule has 0 saturated carbocycles. The van der Waals surface area contributed by atoms with Crippen LogP contribution in [0.25, 0.3) is 6.08 Å². The number of nitrogens with zero attached hydrogens (tertiary/aromatic N) is 2. The zero-order chi connectivity index (χ0) is 24.0. The molecule has 0 spiro atoms. The van der Waals surface area contributed by atoms with Crippen molar-refractivity contribution in [2.24, 2.45) is 5.92 Å². The third-order valence-corrected chi connectivity index (χ3v) is 5.02. The zero-order valence-electron chi connectivity index (χ0n) is 19.4. The van der Waals surface area contributed by atoms with Crippen LogP contribution in [0.2, 0.25) is 0 Å². The molecule has 1 aromatic heterocycles. The summed E-state index contributed by atoms with van der Waals surface area (Å²) in [4.78, 5) is 36.8. The molecule has 0 aliphatic rings. The van der Waals surface area contributed by atoms with Crippen molar-refractivity contribution in [1.29, 1.82) is 5.26 Å². The third-order valence-electron chi connectivity index (χ3n) is 5.02. The summed E-state index contributed by atoms with van der Waals surface area (Å²) in [5.74, 6) is -1.23. The van der Waals surface area contributed by atoms with Crippen molar-refractivity contribution in [3.8, 4) is 6.07 Å². The van der Waals surface area contributed by atoms with Crippen LogP contribution >= 0.6 is 0 Å². The van der Waals surface area contributed by atoms with Crippen LogP contribution in [0.15, 0.2) is 35.9 Å². The number of hydrogen-bond acceptors (Lipinski definition) is 5. The van der Waals surface area contributed by atoms with Crippen molar-refractivity contribution >= 4 is 29.4 Å². The zero-order valence-corrected chi connectivity index (χ0v) is 19.4. The molecule has 1 aromatic carbocycles. The van der Waals surface area contributed by atoms with Gasteiger partial charge < -0.3 is 14.6 Å². The average molecular weight is 436 g/mol. The summed E-state index contributed by atoms with van der Waals surface area (Å²) in [5.41, 5.74) is 3.23. The number of hydrogen-bond donors (Lipinski definition) is 1. The second kappa shape index (κ2) is 10.6. The van der Waals surface area contributed by atoms with Gasteiger partial charge in [0.15, 0.2) is 11.9 Å². The van der Waals surface area contributed by atoms with Crippen LogP contribution in [0, 0.1) is 31.1 Å². The molecule has 0 aliphatic carbocycles. The van der Waals surface area contributed by atoms with E-state index in [2.05, 4.69) is 23.7 Å². The summed E-state index contributed by atoms with van der Waals surface area (Å²) in [6, 6.07) is 10.3. The van der Waals surface area contributed by atoms with E-state index >= 15 is 0 Å². The van der Waals surface area contributed by atoms with E-state index in [1.54, 1.807) is 24.3 Å². The highest BCUT2D eigenvalue weighted by molar-refractivity contribution is 6.05. The molecule has 1 amide bonds. The molecule has 0 aliphatic heterocycles. The molecule has 168 valence electrons. The number of carbonyl (C=O) groups excluding carboxylic acids is 3. The van der Waals surface area contributed by atoms with E-state index in [1.165, 1.54) is 19.9 Å². The van der Waals surface area contributed by atoms with Gasteiger partial charge in [0.05, 0.1) is 5.69 Å². The van der Waals surface area contributed by atoms with E-state index in [9.17, 15) is 19.6 Å². The highest BCUT2D eigenvalue weighted by Gasteiger charge is 2.22. The minimum atomic E-state index is -1.16. The molecule has 32 heavy (non-hydrogen) atoms. The van der Waals surface area contributed by atoms with Crippen LogP contribution in [0.4, 0.5) is 5.69 Å². The van der Waals surface area contributed by atoms with Crippen molar-refractivity contribution in [1.82, 2.24) is 4.57 Å². The number of anilines is 1. The van der Waals surface area contributed by atoms with Crippen molar-refractivity contribution in [3.63, 3.8) is 0 Å². The lowest BCUT2D eigenvalue weighted by molar-refractivity contribution is -0.148. The number of ketones is 1. The first-order valence-electron chi connectivity index (χ1n) is 10.5. The van der Waals surface area contributed by atoms with Gasteiger partial charge in [-0.1, -0.05) is 26.0 Å². The van der Waals surface area contributed by atoms with E-state index in [1.807, 2.05) is 26.0 Å². The minimum Gasteiger partial charge on any atom is -0.448 e. The van der Waals surface area contributed by atoms with Crippen molar-refractivity contribution in [3.05, 3.63) is 58.4 Å². The number of aryl methyl sites for hydroxylation is 1. The normalized spacial score (nSPS) is 12.2. The van der Waals surface area contributed by atoms with Gasteiger partial charge in [-0.2, -0.15) is 5.26 Å². The van der Waals surface area contributed by atoms with Crippen LogP contribution in [0.3, 0.4) is 0 Å². The summed E-state index contributed by atoms with van der Waals surface area (Å²) in [7, 11) is 0. The number of aromatic nitrogens is 1. The molecular formula is C25H29N3O4. The standard InChI is InChI=1S/C25H29N3O4/c1-15(2)14-28-16(3)11-20(17(28)4)12-21(13-26)25(31)32-19(6)24(30)27-23-10-8-7-9-22(23)18(5)29/h7-12,15,19H,14H2,1-6H3,(H,27,30)/b21-12+. The number of rotatable bonds is 8. The molecule has 1 atom stereocenters. The van der Waals surface area contributed by atoms with Gasteiger partial charge in [0.2, 0.25) is 0 Å². The molecule has 0 bridgehead atoms. The first-order valence-corrected chi connectivity index (χ1v) is 10.5. The first kappa shape index (κ1) is 24.6. The molecule has 2 rings (SSSR count). The summed E-state index contributed by atoms with van der Waals surface area (Å²) in [5, 5.41) is 12.1. The third kappa shape index (κ3) is 5.94. The van der Waals surface area contributed by atoms with Crippen molar-refractivity contribution < 1.29 is 19.1 Å². The molecule has 7 nitrogen and oxygen atoms in total. The average Bonchev–Trinajstić information content (AvgIpc) is 2.98. The molecule has 1 unspecified atom stereocenters. The lowest BCUT2D eigenvalue weighted by atomic mass is 10.1. The smallest absolute Gasteiger partial charge is 0.349 e. The topological polar surface area (TPSA) is 101 Å². The maximum absolute atomic E-state index is 12.5. The van der Waals surface area contributed by atoms with Crippen LogP contribution in [0.5, 0.6) is 0 Å². The fraction of sp³-hybridized carbons (Fsp3) is 0.360. The largest absolute Gasteiger partial charge is 0.448 e. The second-order valence-corrected chi connectivity index (χ2v) is 8.14. The maximum atomic E-state index is 12.5. The maximum Gasteiger partial charge on any atom is 0.349 e. The Labute approximate surface area is 188 Å². The van der Waals surface area contributed by atoms with Gasteiger partial charge >= 0.3 is 5.97 Å². The fourth-order valence-corrected chi connectivity index (χ4v) is 3.32. The van der Waals surface area contributed by atoms with E-state index in [4.69, 9.17) is 4.74 Å². The number of benzene rings is 1. The van der Waals surface area contributed by atoms with Crippen molar-refractivity contribution in [2.45, 2.75) is 54.2 Å². The Morgan fingerprint density at radius 2 is 1.84 bits per heavy atom. The van der Waals surface area contributed by atoms with E-state index in [-0.39, 0.29) is 11.4 Å². The van der Waals surface area contributed by atoms with E-state index in [0.717, 1.165) is 23.5 Å². The monoisotopic (exact) mass is 435 g/mol. The van der Waals surface area contributed by atoms with Gasteiger partial charge in [-0.05, 0) is 63.5 Å². The van der Waals surface area contributed by atoms with Crippen LogP contribution in [0.1, 0.15) is 55.0 Å². The fourth-order valence-electron chi connectivity index (χ4n) is 3.32. The number of ether oxygens (including phenoxy) is 1. The summed E-state index contributed by atoms with van der Waals surface area (Å²) >= 11 is 0. The minimum absolute atomic E-state index is 0.196. The number of para-hydroxylation sites is 1. The Hall–Kier alpha value is -3.66. The van der Waals surface area contributed by atoms with Crippen LogP contribution < -0.4 is 5.32 Å². The van der Waals surface area contributed by atoms with Crippen LogP contribution in [-0.2, 0) is 20.9 Å². The molecule has 7 heteroatoms. The molecule has 1 heterocycles. The summed E-state index contributed by atoms with van der Waals surface area (Å²) in [6.45, 7) is 11.8. The Kier molecular flexibility index (Phi) is 8.14. The van der Waals surface area contributed by atoms with Gasteiger partial charge in [0.25, 0.3) is 5.91 Å². The Morgan fingerprint density at radius 3 is 2.44 bits per heavy atom. The van der Waals surface area contributed by atoms with Crippen LogP contribution in [-0.4, -0.2) is 28.3 Å². The molecule has 0 saturated heterocycles. The second-order valence-electron chi connectivity index (χ2n) is 8.14. The van der Waals surface area contributed by atoms with E-state index in [0.29, 0.717) is 17.2 Å². The Balaban J connectivity index is 2.16. The Bertz CT molecular complexity index is 1100. The molecule has 1 N–H and O–H groups in total. The SMILES string of the molecule is CC(=O)c1ccccc1NC(=O)C(C)OC(=O)/C(C#N)=C/c1cc(C)n(CC(C)C)c1C. The molecule has 0 fully saturated rings. The molecular weight excluding hydrogens is 406 g/mol. The van der Waals surface area contributed by atoms with Gasteiger partial charge in [-0.25, -0.2) is 4.79 Å². The molecule has 2 aromatic rings. The number of carbonyl (C=O) groups is 3. The number of nitriles is 1. The summed E-state index contributed by atoms with van der Waals surface area (Å²) in [6.07, 6.45) is 0.324. The molecule has 0 radical (unpaired) electrons.